The van der Waals surface area contributed by atoms with Gasteiger partial charge in [0.2, 0.25) is 5.91 Å². The molecule has 0 aromatic heterocycles. The first-order chi connectivity index (χ1) is 7.95. The molecule has 2 atom stereocenters. The van der Waals surface area contributed by atoms with Crippen molar-refractivity contribution in [2.45, 2.75) is 32.4 Å². The number of nitrogens with two attached hydrogens (primary N) is 1. The van der Waals surface area contributed by atoms with Crippen LogP contribution in [0.4, 0.5) is 4.39 Å². The summed E-state index contributed by atoms with van der Waals surface area (Å²) in [6.45, 7) is 3.94. The van der Waals surface area contributed by atoms with Crippen LogP contribution in [0.15, 0.2) is 22.7 Å². The lowest BCUT2D eigenvalue weighted by molar-refractivity contribution is -0.120. The van der Waals surface area contributed by atoms with Crippen LogP contribution < -0.4 is 11.1 Å². The molecule has 5 heteroatoms. The summed E-state index contributed by atoms with van der Waals surface area (Å²) in [5, 5.41) is 3.08. The van der Waals surface area contributed by atoms with E-state index < -0.39 is 11.9 Å². The number of halogens is 2. The lowest BCUT2D eigenvalue weighted by Gasteiger charge is -2.21. The molecule has 0 aliphatic rings. The van der Waals surface area contributed by atoms with E-state index in [1.165, 1.54) is 12.1 Å². The Labute approximate surface area is 109 Å². The summed E-state index contributed by atoms with van der Waals surface area (Å²) in [7, 11) is 0. The summed E-state index contributed by atoms with van der Waals surface area (Å²) in [5.41, 5.74) is 5.87. The molecule has 0 radical (unpaired) electrons. The SMILES string of the molecule is CCC(C)NC(C(N)=O)c1cc(F)ccc1Br. The van der Waals surface area contributed by atoms with Crippen molar-refractivity contribution in [1.29, 1.82) is 0 Å². The number of primary amides is 1. The molecule has 1 aromatic carbocycles. The van der Waals surface area contributed by atoms with Crippen molar-refractivity contribution in [2.24, 2.45) is 5.73 Å². The van der Waals surface area contributed by atoms with E-state index in [4.69, 9.17) is 5.73 Å². The maximum Gasteiger partial charge on any atom is 0.239 e. The monoisotopic (exact) mass is 302 g/mol. The Balaban J connectivity index is 3.05. The molecule has 3 nitrogen and oxygen atoms in total. The summed E-state index contributed by atoms with van der Waals surface area (Å²) in [4.78, 5) is 11.4. The first kappa shape index (κ1) is 14.1. The standard InChI is InChI=1S/C12H16BrFN2O/c1-3-7(2)16-11(12(15)17)9-6-8(14)4-5-10(9)13/h4-7,11,16H,3H2,1-2H3,(H2,15,17). The average Bonchev–Trinajstić information content (AvgIpc) is 2.28. The Morgan fingerprint density at radius 1 is 1.59 bits per heavy atom. The van der Waals surface area contributed by atoms with E-state index in [2.05, 4.69) is 21.2 Å². The summed E-state index contributed by atoms with van der Waals surface area (Å²) in [6.07, 6.45) is 0.858. The average molecular weight is 303 g/mol. The molecule has 0 saturated heterocycles. The highest BCUT2D eigenvalue weighted by Gasteiger charge is 2.22. The van der Waals surface area contributed by atoms with Gasteiger partial charge in [-0.15, -0.1) is 0 Å². The minimum absolute atomic E-state index is 0.127. The van der Waals surface area contributed by atoms with Gasteiger partial charge in [0, 0.05) is 10.5 Å². The van der Waals surface area contributed by atoms with Crippen molar-refractivity contribution < 1.29 is 9.18 Å². The molecule has 1 rings (SSSR count). The van der Waals surface area contributed by atoms with E-state index in [0.29, 0.717) is 10.0 Å². The molecular formula is C12H16BrFN2O. The molecule has 0 spiro atoms. The zero-order valence-corrected chi connectivity index (χ0v) is 11.4. The van der Waals surface area contributed by atoms with Crippen molar-refractivity contribution in [1.82, 2.24) is 5.32 Å². The number of nitrogens with one attached hydrogen (secondary N) is 1. The Morgan fingerprint density at radius 3 is 2.76 bits per heavy atom. The summed E-state index contributed by atoms with van der Waals surface area (Å²) < 4.78 is 13.9. The van der Waals surface area contributed by atoms with Gasteiger partial charge in [-0.25, -0.2) is 4.39 Å². The molecule has 0 bridgehead atoms. The van der Waals surface area contributed by atoms with Crippen molar-refractivity contribution in [3.8, 4) is 0 Å². The van der Waals surface area contributed by atoms with Crippen LogP contribution in [0.3, 0.4) is 0 Å². The molecule has 1 amide bonds. The molecule has 94 valence electrons. The molecule has 0 saturated carbocycles. The maximum atomic E-state index is 13.2. The predicted molar refractivity (Wildman–Crippen MR) is 68.9 cm³/mol. The maximum absolute atomic E-state index is 13.2. The van der Waals surface area contributed by atoms with Gasteiger partial charge in [-0.1, -0.05) is 22.9 Å². The summed E-state index contributed by atoms with van der Waals surface area (Å²) >= 11 is 3.30. The lowest BCUT2D eigenvalue weighted by atomic mass is 10.0. The van der Waals surface area contributed by atoms with Crippen LogP contribution in [-0.4, -0.2) is 11.9 Å². The third kappa shape index (κ3) is 3.78. The van der Waals surface area contributed by atoms with E-state index in [9.17, 15) is 9.18 Å². The van der Waals surface area contributed by atoms with Crippen molar-refractivity contribution in [3.63, 3.8) is 0 Å². The quantitative estimate of drug-likeness (QED) is 0.878. The van der Waals surface area contributed by atoms with Gasteiger partial charge in [0.1, 0.15) is 11.9 Å². The topological polar surface area (TPSA) is 55.1 Å². The van der Waals surface area contributed by atoms with Crippen LogP contribution in [-0.2, 0) is 4.79 Å². The van der Waals surface area contributed by atoms with Crippen LogP contribution in [0, 0.1) is 5.82 Å². The van der Waals surface area contributed by atoms with Crippen LogP contribution in [0.25, 0.3) is 0 Å². The minimum Gasteiger partial charge on any atom is -0.368 e. The molecule has 17 heavy (non-hydrogen) atoms. The van der Waals surface area contributed by atoms with Gasteiger partial charge < -0.3 is 5.73 Å². The highest BCUT2D eigenvalue weighted by atomic mass is 79.9. The lowest BCUT2D eigenvalue weighted by Crippen LogP contribution is -2.38. The van der Waals surface area contributed by atoms with Crippen molar-refractivity contribution >= 4 is 21.8 Å². The fourth-order valence-electron chi connectivity index (χ4n) is 1.46. The van der Waals surface area contributed by atoms with Gasteiger partial charge in [0.25, 0.3) is 0 Å². The third-order valence-electron chi connectivity index (χ3n) is 2.62. The number of rotatable bonds is 5. The fraction of sp³-hybridized carbons (Fsp3) is 0.417. The second kappa shape index (κ2) is 6.12. The third-order valence-corrected chi connectivity index (χ3v) is 3.34. The van der Waals surface area contributed by atoms with E-state index in [-0.39, 0.29) is 11.9 Å². The zero-order chi connectivity index (χ0) is 13.0. The highest BCUT2D eigenvalue weighted by Crippen LogP contribution is 2.25. The Bertz CT molecular complexity index is 411. The number of benzene rings is 1. The van der Waals surface area contributed by atoms with E-state index >= 15 is 0 Å². The Kier molecular flexibility index (Phi) is 5.08. The molecular weight excluding hydrogens is 287 g/mol. The molecule has 1 aromatic rings. The van der Waals surface area contributed by atoms with Crippen molar-refractivity contribution in [3.05, 3.63) is 34.1 Å². The number of hydrogen-bond acceptors (Lipinski definition) is 2. The predicted octanol–water partition coefficient (Wildman–Crippen LogP) is 2.50. The van der Waals surface area contributed by atoms with E-state index in [1.54, 1.807) is 6.07 Å². The van der Waals surface area contributed by atoms with Crippen LogP contribution in [0.5, 0.6) is 0 Å². The Hall–Kier alpha value is -0.940. The second-order valence-electron chi connectivity index (χ2n) is 3.98. The smallest absolute Gasteiger partial charge is 0.239 e. The molecule has 0 aliphatic heterocycles. The normalized spacial score (nSPS) is 14.4. The van der Waals surface area contributed by atoms with Gasteiger partial charge in [-0.2, -0.15) is 0 Å². The number of carbonyl (C=O) groups is 1. The van der Waals surface area contributed by atoms with Crippen LogP contribution in [0.1, 0.15) is 31.9 Å². The van der Waals surface area contributed by atoms with E-state index in [1.807, 2.05) is 13.8 Å². The number of carbonyl (C=O) groups excluding carboxylic acids is 1. The van der Waals surface area contributed by atoms with Gasteiger partial charge in [0.05, 0.1) is 0 Å². The molecule has 2 unspecified atom stereocenters. The second-order valence-corrected chi connectivity index (χ2v) is 4.83. The molecule has 0 aliphatic carbocycles. The number of amides is 1. The fourth-order valence-corrected chi connectivity index (χ4v) is 1.94. The molecule has 0 heterocycles. The van der Waals surface area contributed by atoms with Crippen LogP contribution in [0.2, 0.25) is 0 Å². The van der Waals surface area contributed by atoms with Crippen LogP contribution >= 0.6 is 15.9 Å². The first-order valence-electron chi connectivity index (χ1n) is 5.46. The Morgan fingerprint density at radius 2 is 2.24 bits per heavy atom. The number of hydrogen-bond donors (Lipinski definition) is 2. The highest BCUT2D eigenvalue weighted by molar-refractivity contribution is 9.10. The largest absolute Gasteiger partial charge is 0.368 e. The van der Waals surface area contributed by atoms with E-state index in [0.717, 1.165) is 6.42 Å². The van der Waals surface area contributed by atoms with Gasteiger partial charge >= 0.3 is 0 Å². The molecule has 3 N–H and O–H groups in total. The van der Waals surface area contributed by atoms with Gasteiger partial charge in [0.15, 0.2) is 0 Å². The zero-order valence-electron chi connectivity index (χ0n) is 9.84. The van der Waals surface area contributed by atoms with Crippen molar-refractivity contribution in [2.75, 3.05) is 0 Å². The van der Waals surface area contributed by atoms with Gasteiger partial charge in [-0.05, 0) is 37.1 Å². The summed E-state index contributed by atoms with van der Waals surface area (Å²) in [5.74, 6) is -0.906. The first-order valence-corrected chi connectivity index (χ1v) is 6.25. The van der Waals surface area contributed by atoms with Gasteiger partial charge in [-0.3, -0.25) is 10.1 Å². The summed E-state index contributed by atoms with van der Waals surface area (Å²) in [6, 6.07) is 3.65. The molecule has 0 fully saturated rings. The minimum atomic E-state index is -0.685.